The van der Waals surface area contributed by atoms with Crippen molar-refractivity contribution in [2.45, 2.75) is 153 Å². The molecule has 3 aromatic rings. The summed E-state index contributed by atoms with van der Waals surface area (Å²) in [6, 6.07) is 18.2. The van der Waals surface area contributed by atoms with Crippen LogP contribution in [0.2, 0.25) is 0 Å². The number of nitrogens with zero attached hydrogens (tertiary/aromatic N) is 4. The van der Waals surface area contributed by atoms with E-state index in [1.807, 2.05) is 51.1 Å². The molecule has 1 fully saturated rings. The first-order valence-electron chi connectivity index (χ1n) is 24.2. The Kier molecular flexibility index (Phi) is 18.7. The van der Waals surface area contributed by atoms with Crippen molar-refractivity contribution < 1.29 is 38.2 Å². The average Bonchev–Trinajstić information content (AvgIpc) is 3.99. The van der Waals surface area contributed by atoms with E-state index in [1.54, 1.807) is 24.3 Å². The average molecular weight is 1040 g/mol. The molecule has 12 nitrogen and oxygen atoms in total. The lowest BCUT2D eigenvalue weighted by atomic mass is 9.84. The number of thioether (sulfide) groups is 4. The van der Waals surface area contributed by atoms with Crippen molar-refractivity contribution in [1.29, 1.82) is 5.26 Å². The molecule has 71 heavy (non-hydrogen) atoms. The first kappa shape index (κ1) is 55.2. The van der Waals surface area contributed by atoms with Crippen LogP contribution in [0.15, 0.2) is 93.8 Å². The van der Waals surface area contributed by atoms with Crippen molar-refractivity contribution >= 4 is 82.5 Å². The molecule has 3 aromatic carbocycles. The van der Waals surface area contributed by atoms with Crippen LogP contribution in [0.4, 0.5) is 5.69 Å². The van der Waals surface area contributed by atoms with E-state index in [1.165, 1.54) is 10.0 Å². The van der Waals surface area contributed by atoms with Crippen LogP contribution in [0.1, 0.15) is 132 Å². The zero-order valence-corrected chi connectivity index (χ0v) is 45.7. The minimum Gasteiger partial charge on any atom is -0.461 e. The fourth-order valence-electron chi connectivity index (χ4n) is 8.91. The molecule has 0 saturated carbocycles. The molecule has 3 heterocycles. The first-order chi connectivity index (χ1) is 33.6. The van der Waals surface area contributed by atoms with Crippen molar-refractivity contribution in [2.75, 3.05) is 6.61 Å². The Hall–Kier alpha value is -5.13. The topological polar surface area (TPSA) is 148 Å². The van der Waals surface area contributed by atoms with Crippen molar-refractivity contribution in [2.24, 2.45) is 28.6 Å². The number of rotatable bonds is 19. The summed E-state index contributed by atoms with van der Waals surface area (Å²) in [7, 11) is 0. The Bertz CT molecular complexity index is 2590. The van der Waals surface area contributed by atoms with E-state index in [9.17, 15) is 29.2 Å². The zero-order chi connectivity index (χ0) is 51.8. The van der Waals surface area contributed by atoms with Gasteiger partial charge >= 0.3 is 17.9 Å². The maximum Gasteiger partial charge on any atom is 0.350 e. The Morgan fingerprint density at radius 2 is 1.21 bits per heavy atom. The summed E-state index contributed by atoms with van der Waals surface area (Å²) in [5.74, 6) is -2.62. The number of amides is 2. The molecule has 6 rings (SSSR count). The zero-order valence-electron chi connectivity index (χ0n) is 42.4. The summed E-state index contributed by atoms with van der Waals surface area (Å²) in [5, 5.41) is 13.4. The van der Waals surface area contributed by atoms with Gasteiger partial charge in [-0.15, -0.1) is 0 Å². The van der Waals surface area contributed by atoms with Gasteiger partial charge in [0, 0.05) is 12.8 Å². The predicted octanol–water partition coefficient (Wildman–Crippen LogP) is 14.1. The first-order valence-corrected chi connectivity index (χ1v) is 27.5. The molecule has 1 saturated heterocycles. The lowest BCUT2D eigenvalue weighted by Gasteiger charge is -2.27. The molecule has 16 heteroatoms. The van der Waals surface area contributed by atoms with E-state index in [0.29, 0.717) is 35.1 Å². The summed E-state index contributed by atoms with van der Waals surface area (Å²) in [6.45, 7) is 28.5. The van der Waals surface area contributed by atoms with Crippen LogP contribution in [0.3, 0.4) is 0 Å². The molecule has 0 bridgehead atoms. The number of fused-ring (bicyclic) bond motifs is 2. The third-order valence-corrected chi connectivity index (χ3v) is 17.1. The summed E-state index contributed by atoms with van der Waals surface area (Å²) in [6.07, 6.45) is 5.34. The van der Waals surface area contributed by atoms with Crippen LogP contribution in [-0.2, 0) is 41.8 Å². The molecule has 0 aromatic heterocycles. The smallest absolute Gasteiger partial charge is 0.350 e. The molecule has 376 valence electrons. The molecular formula is C55H64N4O8S4. The van der Waals surface area contributed by atoms with Crippen LogP contribution in [0, 0.1) is 46.5 Å². The molecule has 3 aliphatic rings. The Balaban J connectivity index is 1.49. The van der Waals surface area contributed by atoms with Gasteiger partial charge in [-0.25, -0.2) is 19.7 Å². The molecule has 0 N–H and O–H groups in total. The van der Waals surface area contributed by atoms with Crippen molar-refractivity contribution in [3.05, 3.63) is 96.8 Å². The van der Waals surface area contributed by atoms with E-state index in [0.717, 1.165) is 91.1 Å². The number of carbonyl (C=O) groups excluding carboxylic acids is 5. The number of benzene rings is 3. The highest BCUT2D eigenvalue weighted by molar-refractivity contribution is 8.26. The monoisotopic (exact) mass is 1040 g/mol. The number of nitriles is 1. The SMILES string of the molecule is [C-]#[N+]c1ccc(CN2C(=O)C(=C3Sc4c(OC(=O)CC(C)CC(C)(C)C)c5c(c(OC(=O)CC(C)CC(C)(C)C)c4S3)SC(=C(C#N)C(=O)OCC(CC)CCCC)S5)C(=O)N2Cc2ccccc2)cc1. The van der Waals surface area contributed by atoms with E-state index in [4.69, 9.17) is 20.8 Å². The van der Waals surface area contributed by atoms with Gasteiger partial charge in [0.15, 0.2) is 22.8 Å². The predicted molar refractivity (Wildman–Crippen MR) is 281 cm³/mol. The van der Waals surface area contributed by atoms with Crippen LogP contribution in [0.25, 0.3) is 4.85 Å². The Morgan fingerprint density at radius 1 is 0.732 bits per heavy atom. The van der Waals surface area contributed by atoms with E-state index in [2.05, 4.69) is 59.4 Å². The van der Waals surface area contributed by atoms with Gasteiger partial charge in [-0.2, -0.15) is 5.26 Å². The molecular weight excluding hydrogens is 973 g/mol. The molecule has 2 amide bonds. The van der Waals surface area contributed by atoms with Crippen molar-refractivity contribution in [3.8, 4) is 17.6 Å². The maximum absolute atomic E-state index is 14.8. The summed E-state index contributed by atoms with van der Waals surface area (Å²) < 4.78 is 19.2. The normalized spacial score (nSPS) is 15.7. The number of hydrogen-bond donors (Lipinski definition) is 0. The van der Waals surface area contributed by atoms with Crippen LogP contribution in [-0.4, -0.2) is 46.3 Å². The van der Waals surface area contributed by atoms with Gasteiger partial charge < -0.3 is 14.2 Å². The maximum atomic E-state index is 14.8. The van der Waals surface area contributed by atoms with Crippen molar-refractivity contribution in [3.63, 3.8) is 0 Å². The number of esters is 3. The van der Waals surface area contributed by atoms with E-state index >= 15 is 0 Å². The number of unbranched alkanes of at least 4 members (excludes halogenated alkanes) is 1. The van der Waals surface area contributed by atoms with Crippen LogP contribution >= 0.6 is 47.0 Å². The number of hydrogen-bond acceptors (Lipinski definition) is 13. The quantitative estimate of drug-likeness (QED) is 0.0280. The highest BCUT2D eigenvalue weighted by Crippen LogP contribution is 2.69. The molecule has 0 spiro atoms. The van der Waals surface area contributed by atoms with Gasteiger partial charge in [0.1, 0.15) is 11.6 Å². The third kappa shape index (κ3) is 14.3. The van der Waals surface area contributed by atoms with Gasteiger partial charge in [0.25, 0.3) is 11.8 Å². The van der Waals surface area contributed by atoms with Gasteiger partial charge in [-0.3, -0.25) is 19.2 Å². The van der Waals surface area contributed by atoms with E-state index in [-0.39, 0.29) is 88.0 Å². The van der Waals surface area contributed by atoms with Gasteiger partial charge in [0.2, 0.25) is 0 Å². The Labute approximate surface area is 436 Å². The molecule has 3 atom stereocenters. The minimum atomic E-state index is -0.775. The summed E-state index contributed by atoms with van der Waals surface area (Å²) in [5.41, 5.74) is 1.51. The molecule has 3 unspecified atom stereocenters. The second-order valence-corrected chi connectivity index (χ2v) is 25.5. The number of ether oxygens (including phenoxy) is 3. The number of carbonyl (C=O) groups is 5. The summed E-state index contributed by atoms with van der Waals surface area (Å²) >= 11 is 4.29. The third-order valence-electron chi connectivity index (χ3n) is 11.9. The van der Waals surface area contributed by atoms with Gasteiger partial charge in [0.05, 0.1) is 54.3 Å². The summed E-state index contributed by atoms with van der Waals surface area (Å²) in [4.78, 5) is 76.6. The second kappa shape index (κ2) is 24.1. The highest BCUT2D eigenvalue weighted by Gasteiger charge is 2.47. The van der Waals surface area contributed by atoms with Crippen LogP contribution in [0.5, 0.6) is 11.5 Å². The molecule has 0 radical (unpaired) electrons. The fraction of sp³-hybridized carbons (Fsp3) is 0.473. The van der Waals surface area contributed by atoms with E-state index < -0.39 is 29.7 Å². The lowest BCUT2D eigenvalue weighted by Crippen LogP contribution is -2.39. The largest absolute Gasteiger partial charge is 0.461 e. The van der Waals surface area contributed by atoms with Gasteiger partial charge in [-0.1, -0.05) is 190 Å². The van der Waals surface area contributed by atoms with Gasteiger partial charge in [-0.05, 0) is 59.0 Å². The number of hydrazine groups is 1. The highest BCUT2D eigenvalue weighted by atomic mass is 32.2. The van der Waals surface area contributed by atoms with Crippen molar-refractivity contribution in [1.82, 2.24) is 10.0 Å². The lowest BCUT2D eigenvalue weighted by molar-refractivity contribution is -0.149. The minimum absolute atomic E-state index is 0.0398. The fourth-order valence-corrected chi connectivity index (χ4v) is 14.3. The Morgan fingerprint density at radius 3 is 1.65 bits per heavy atom. The standard InChI is InChI=1S/C55H64N4O8S4/c1-12-14-18-35(13-2)32-65-51(64)39(29-56)52-68-45-43(66-40(60)25-33(3)27-54(5,6)7)47-48(44(46(45)69-52)67-41(61)26-34(4)28-55(8,9)10)71-53(70-47)42-49(62)58(30-36-19-16-15-17-20-36)59(50(42)63)31-37-21-23-38(57-11)24-22-37/h15-17,19-24,33-35H,12-14,18,25-28,30-32H2,1-10H3. The second-order valence-electron chi connectivity index (χ2n) is 20.9. The molecule has 3 aliphatic heterocycles. The molecule has 0 aliphatic carbocycles. The van der Waals surface area contributed by atoms with Crippen LogP contribution < -0.4 is 9.47 Å².